The van der Waals surface area contributed by atoms with Crippen LogP contribution in [-0.4, -0.2) is 23.9 Å². The van der Waals surface area contributed by atoms with E-state index in [0.717, 1.165) is 36.7 Å². The van der Waals surface area contributed by atoms with Crippen LogP contribution in [0.1, 0.15) is 29.4 Å². The average Bonchev–Trinajstić information content (AvgIpc) is 2.82. The Hall–Kier alpha value is -1.35. The second-order valence-corrected chi connectivity index (χ2v) is 6.21. The molecule has 0 spiro atoms. The molecule has 0 saturated carbocycles. The molecule has 0 aliphatic carbocycles. The summed E-state index contributed by atoms with van der Waals surface area (Å²) in [5, 5.41) is 1.18. The van der Waals surface area contributed by atoms with Crippen LogP contribution in [0, 0.1) is 5.92 Å². The van der Waals surface area contributed by atoms with Crippen LogP contribution in [0.25, 0.3) is 10.1 Å². The fraction of sp³-hybridized carbons (Fsp3) is 0.400. The average molecular weight is 259 g/mol. The minimum Gasteiger partial charge on any atom is -0.338 e. The third-order valence-electron chi connectivity index (χ3n) is 3.71. The Kier molecular flexibility index (Phi) is 3.08. The van der Waals surface area contributed by atoms with Crippen molar-refractivity contribution in [2.45, 2.75) is 19.8 Å². The molecule has 18 heavy (non-hydrogen) atoms. The molecule has 2 heterocycles. The van der Waals surface area contributed by atoms with Crippen LogP contribution in [-0.2, 0) is 0 Å². The summed E-state index contributed by atoms with van der Waals surface area (Å²) in [5.41, 5.74) is 0. The summed E-state index contributed by atoms with van der Waals surface area (Å²) >= 11 is 1.61. The van der Waals surface area contributed by atoms with E-state index in [1.807, 2.05) is 23.1 Å². The van der Waals surface area contributed by atoms with Gasteiger partial charge in [0.15, 0.2) is 0 Å². The van der Waals surface area contributed by atoms with Crippen LogP contribution in [0.15, 0.2) is 30.3 Å². The maximum absolute atomic E-state index is 12.4. The van der Waals surface area contributed by atoms with Gasteiger partial charge in [0, 0.05) is 17.8 Å². The van der Waals surface area contributed by atoms with Gasteiger partial charge in [-0.3, -0.25) is 4.79 Å². The molecule has 3 rings (SSSR count). The third kappa shape index (κ3) is 2.15. The summed E-state index contributed by atoms with van der Waals surface area (Å²) in [4.78, 5) is 15.3. The quantitative estimate of drug-likeness (QED) is 0.763. The minimum absolute atomic E-state index is 0.211. The molecule has 1 fully saturated rings. The molecule has 0 bridgehead atoms. The Morgan fingerprint density at radius 2 is 2.00 bits per heavy atom. The first kappa shape index (κ1) is 11.7. The number of likely N-dealkylation sites (tertiary alicyclic amines) is 1. The summed E-state index contributed by atoms with van der Waals surface area (Å²) < 4.78 is 1.20. The molecule has 0 atom stereocenters. The van der Waals surface area contributed by atoms with Crippen molar-refractivity contribution in [1.29, 1.82) is 0 Å². The second kappa shape index (κ2) is 4.73. The Labute approximate surface area is 111 Å². The standard InChI is InChI=1S/C15H17NOS/c1-11-6-8-16(9-7-11)15(17)14-10-12-4-2-3-5-13(12)18-14/h2-5,10-11H,6-9H2,1H3. The highest BCUT2D eigenvalue weighted by molar-refractivity contribution is 7.20. The summed E-state index contributed by atoms with van der Waals surface area (Å²) in [6.07, 6.45) is 2.27. The van der Waals surface area contributed by atoms with Crippen LogP contribution < -0.4 is 0 Å². The first-order valence-electron chi connectivity index (χ1n) is 6.52. The van der Waals surface area contributed by atoms with Crippen molar-refractivity contribution in [2.75, 3.05) is 13.1 Å². The first-order chi connectivity index (χ1) is 8.74. The topological polar surface area (TPSA) is 20.3 Å². The molecular formula is C15H17NOS. The molecular weight excluding hydrogens is 242 g/mol. The highest BCUT2D eigenvalue weighted by Crippen LogP contribution is 2.27. The van der Waals surface area contributed by atoms with Gasteiger partial charge in [-0.25, -0.2) is 0 Å². The third-order valence-corrected chi connectivity index (χ3v) is 4.81. The fourth-order valence-electron chi connectivity index (χ4n) is 2.45. The van der Waals surface area contributed by atoms with Gasteiger partial charge in [-0.1, -0.05) is 25.1 Å². The lowest BCUT2D eigenvalue weighted by molar-refractivity contribution is 0.0702. The van der Waals surface area contributed by atoms with Crippen LogP contribution in [0.4, 0.5) is 0 Å². The van der Waals surface area contributed by atoms with Crippen LogP contribution >= 0.6 is 11.3 Å². The highest BCUT2D eigenvalue weighted by atomic mass is 32.1. The van der Waals surface area contributed by atoms with Crippen LogP contribution in [0.3, 0.4) is 0 Å². The molecule has 1 amide bonds. The molecule has 1 aromatic carbocycles. The number of hydrogen-bond donors (Lipinski definition) is 0. The molecule has 1 aliphatic heterocycles. The molecule has 0 radical (unpaired) electrons. The summed E-state index contributed by atoms with van der Waals surface area (Å²) in [6, 6.07) is 10.2. The fourth-order valence-corrected chi connectivity index (χ4v) is 3.49. The van der Waals surface area contributed by atoms with E-state index in [-0.39, 0.29) is 5.91 Å². The smallest absolute Gasteiger partial charge is 0.263 e. The summed E-state index contributed by atoms with van der Waals surface area (Å²) in [6.45, 7) is 4.09. The van der Waals surface area contributed by atoms with Gasteiger partial charge in [-0.2, -0.15) is 0 Å². The predicted octanol–water partition coefficient (Wildman–Crippen LogP) is 3.77. The first-order valence-corrected chi connectivity index (χ1v) is 7.33. The SMILES string of the molecule is CC1CCN(C(=O)c2cc3ccccc3s2)CC1. The van der Waals surface area contributed by atoms with Gasteiger partial charge in [0.05, 0.1) is 4.88 Å². The number of hydrogen-bond acceptors (Lipinski definition) is 2. The van der Waals surface area contributed by atoms with Crippen molar-refractivity contribution in [2.24, 2.45) is 5.92 Å². The molecule has 1 saturated heterocycles. The predicted molar refractivity (Wildman–Crippen MR) is 76.1 cm³/mol. The van der Waals surface area contributed by atoms with Gasteiger partial charge in [0.2, 0.25) is 0 Å². The molecule has 0 unspecified atom stereocenters. The Balaban J connectivity index is 1.83. The van der Waals surface area contributed by atoms with Gasteiger partial charge in [0.25, 0.3) is 5.91 Å². The van der Waals surface area contributed by atoms with E-state index in [9.17, 15) is 4.79 Å². The van der Waals surface area contributed by atoms with Crippen molar-refractivity contribution in [1.82, 2.24) is 4.90 Å². The van der Waals surface area contributed by atoms with Gasteiger partial charge < -0.3 is 4.90 Å². The monoisotopic (exact) mass is 259 g/mol. The van der Waals surface area contributed by atoms with E-state index in [2.05, 4.69) is 19.1 Å². The second-order valence-electron chi connectivity index (χ2n) is 5.12. The maximum Gasteiger partial charge on any atom is 0.263 e. The van der Waals surface area contributed by atoms with E-state index >= 15 is 0 Å². The van der Waals surface area contributed by atoms with E-state index in [0.29, 0.717) is 0 Å². The van der Waals surface area contributed by atoms with E-state index in [1.165, 1.54) is 10.1 Å². The molecule has 3 heteroatoms. The number of benzene rings is 1. The molecule has 94 valence electrons. The lowest BCUT2D eigenvalue weighted by Crippen LogP contribution is -2.37. The van der Waals surface area contributed by atoms with Crippen molar-refractivity contribution in [3.63, 3.8) is 0 Å². The Morgan fingerprint density at radius 3 is 2.72 bits per heavy atom. The Bertz CT molecular complexity index is 534. The van der Waals surface area contributed by atoms with Gasteiger partial charge in [-0.15, -0.1) is 11.3 Å². The number of carbonyl (C=O) groups excluding carboxylic acids is 1. The number of rotatable bonds is 1. The number of thiophene rings is 1. The maximum atomic E-state index is 12.4. The minimum atomic E-state index is 0.211. The summed E-state index contributed by atoms with van der Waals surface area (Å²) in [5.74, 6) is 0.972. The summed E-state index contributed by atoms with van der Waals surface area (Å²) in [7, 11) is 0. The van der Waals surface area contributed by atoms with E-state index in [4.69, 9.17) is 0 Å². The largest absolute Gasteiger partial charge is 0.338 e. The lowest BCUT2D eigenvalue weighted by atomic mass is 9.99. The van der Waals surface area contributed by atoms with E-state index in [1.54, 1.807) is 11.3 Å². The molecule has 1 aliphatic rings. The van der Waals surface area contributed by atoms with Gasteiger partial charge in [0.1, 0.15) is 0 Å². The zero-order valence-corrected chi connectivity index (χ0v) is 11.4. The van der Waals surface area contributed by atoms with Gasteiger partial charge in [-0.05, 0) is 36.3 Å². The van der Waals surface area contributed by atoms with Crippen LogP contribution in [0.2, 0.25) is 0 Å². The number of piperidine rings is 1. The lowest BCUT2D eigenvalue weighted by Gasteiger charge is -2.29. The number of carbonyl (C=O) groups is 1. The van der Waals surface area contributed by atoms with Crippen LogP contribution in [0.5, 0.6) is 0 Å². The van der Waals surface area contributed by atoms with E-state index < -0.39 is 0 Å². The molecule has 1 aromatic heterocycles. The van der Waals surface area contributed by atoms with Crippen molar-refractivity contribution >= 4 is 27.3 Å². The molecule has 2 aromatic rings. The molecule has 2 nitrogen and oxygen atoms in total. The zero-order valence-electron chi connectivity index (χ0n) is 10.6. The highest BCUT2D eigenvalue weighted by Gasteiger charge is 2.22. The van der Waals surface area contributed by atoms with Crippen molar-refractivity contribution in [3.8, 4) is 0 Å². The van der Waals surface area contributed by atoms with Gasteiger partial charge >= 0.3 is 0 Å². The van der Waals surface area contributed by atoms with Crippen molar-refractivity contribution in [3.05, 3.63) is 35.2 Å². The zero-order chi connectivity index (χ0) is 12.5. The Morgan fingerprint density at radius 1 is 1.28 bits per heavy atom. The van der Waals surface area contributed by atoms with Crippen molar-refractivity contribution < 1.29 is 4.79 Å². The number of amides is 1. The molecule has 0 N–H and O–H groups in total. The normalized spacial score (nSPS) is 17.3. The number of nitrogens with zero attached hydrogens (tertiary/aromatic N) is 1. The number of fused-ring (bicyclic) bond motifs is 1.